The molecular weight excluding hydrogens is 192 g/mol. The molecule has 1 rings (SSSR count). The van der Waals surface area contributed by atoms with E-state index in [9.17, 15) is 0 Å². The zero-order valence-electron chi connectivity index (χ0n) is 8.45. The number of hydrogen-bond donors (Lipinski definition) is 1. The zero-order valence-corrected chi connectivity index (χ0v) is 9.27. The molecule has 0 aliphatic rings. The number of rotatable bonds is 4. The summed E-state index contributed by atoms with van der Waals surface area (Å²) in [5.74, 6) is 0. The first-order chi connectivity index (χ1) is 6.76. The van der Waals surface area contributed by atoms with Crippen LogP contribution in [0.1, 0.15) is 12.5 Å². The van der Waals surface area contributed by atoms with Crippen molar-refractivity contribution in [1.82, 2.24) is 0 Å². The standard InChI is InChI=1S/C11H14N2S/c1-9(14-2)8-13-11-5-3-10(7-12)4-6-11/h3-6,9,13H,8H2,1-2H3. The van der Waals surface area contributed by atoms with E-state index < -0.39 is 0 Å². The molecule has 0 amide bonds. The van der Waals surface area contributed by atoms with E-state index in [1.54, 1.807) is 0 Å². The predicted molar refractivity (Wildman–Crippen MR) is 62.6 cm³/mol. The van der Waals surface area contributed by atoms with Crippen LogP contribution in [0.5, 0.6) is 0 Å². The smallest absolute Gasteiger partial charge is 0.0991 e. The number of nitrogens with zero attached hydrogens (tertiary/aromatic N) is 1. The Morgan fingerprint density at radius 2 is 2.07 bits per heavy atom. The minimum atomic E-state index is 0.602. The van der Waals surface area contributed by atoms with Crippen LogP contribution in [0.25, 0.3) is 0 Å². The van der Waals surface area contributed by atoms with Gasteiger partial charge >= 0.3 is 0 Å². The molecule has 1 aromatic rings. The third kappa shape index (κ3) is 3.31. The third-order valence-electron chi connectivity index (χ3n) is 2.01. The van der Waals surface area contributed by atoms with E-state index in [0.29, 0.717) is 10.8 Å². The number of hydrogen-bond acceptors (Lipinski definition) is 3. The molecule has 1 aromatic carbocycles. The number of thioether (sulfide) groups is 1. The van der Waals surface area contributed by atoms with Crippen molar-refractivity contribution in [2.45, 2.75) is 12.2 Å². The molecular formula is C11H14N2S. The van der Waals surface area contributed by atoms with E-state index in [1.807, 2.05) is 36.0 Å². The average Bonchev–Trinajstić information content (AvgIpc) is 2.26. The quantitative estimate of drug-likeness (QED) is 0.822. The molecule has 0 fully saturated rings. The second kappa shape index (κ2) is 5.56. The van der Waals surface area contributed by atoms with Crippen LogP contribution in [-0.2, 0) is 0 Å². The summed E-state index contributed by atoms with van der Waals surface area (Å²) in [7, 11) is 0. The zero-order chi connectivity index (χ0) is 10.4. The minimum absolute atomic E-state index is 0.602. The van der Waals surface area contributed by atoms with Crippen LogP contribution >= 0.6 is 11.8 Å². The van der Waals surface area contributed by atoms with Gasteiger partial charge < -0.3 is 5.32 Å². The minimum Gasteiger partial charge on any atom is -0.384 e. The summed E-state index contributed by atoms with van der Waals surface area (Å²) in [5.41, 5.74) is 1.78. The van der Waals surface area contributed by atoms with Gasteiger partial charge in [0.15, 0.2) is 0 Å². The maximum Gasteiger partial charge on any atom is 0.0991 e. The van der Waals surface area contributed by atoms with Crippen molar-refractivity contribution < 1.29 is 0 Å². The normalized spacial score (nSPS) is 11.8. The lowest BCUT2D eigenvalue weighted by atomic mass is 10.2. The Morgan fingerprint density at radius 1 is 1.43 bits per heavy atom. The van der Waals surface area contributed by atoms with Gasteiger partial charge in [0.25, 0.3) is 0 Å². The molecule has 0 saturated heterocycles. The predicted octanol–water partition coefficient (Wildman–Crippen LogP) is 2.72. The second-order valence-corrected chi connectivity index (χ2v) is 4.39. The third-order valence-corrected chi connectivity index (χ3v) is 2.98. The fourth-order valence-corrected chi connectivity index (χ4v) is 1.26. The molecule has 2 nitrogen and oxygen atoms in total. The van der Waals surface area contributed by atoms with Gasteiger partial charge in [0.1, 0.15) is 0 Å². The highest BCUT2D eigenvalue weighted by molar-refractivity contribution is 7.99. The van der Waals surface area contributed by atoms with Gasteiger partial charge in [-0.25, -0.2) is 0 Å². The van der Waals surface area contributed by atoms with Crippen LogP contribution in [0.3, 0.4) is 0 Å². The Hall–Kier alpha value is -1.14. The van der Waals surface area contributed by atoms with E-state index in [2.05, 4.69) is 24.6 Å². The lowest BCUT2D eigenvalue weighted by molar-refractivity contribution is 1.00. The topological polar surface area (TPSA) is 35.8 Å². The maximum atomic E-state index is 8.61. The van der Waals surface area contributed by atoms with Gasteiger partial charge in [0.05, 0.1) is 11.6 Å². The van der Waals surface area contributed by atoms with Crippen LogP contribution in [-0.4, -0.2) is 18.1 Å². The highest BCUT2D eigenvalue weighted by atomic mass is 32.2. The molecule has 0 radical (unpaired) electrons. The van der Waals surface area contributed by atoms with Gasteiger partial charge in [-0.15, -0.1) is 0 Å². The maximum absolute atomic E-state index is 8.61. The van der Waals surface area contributed by atoms with E-state index in [4.69, 9.17) is 5.26 Å². The van der Waals surface area contributed by atoms with Crippen molar-refractivity contribution in [2.75, 3.05) is 18.1 Å². The Morgan fingerprint density at radius 3 is 2.57 bits per heavy atom. The van der Waals surface area contributed by atoms with Gasteiger partial charge in [0.2, 0.25) is 0 Å². The Kier molecular flexibility index (Phi) is 4.34. The molecule has 14 heavy (non-hydrogen) atoms. The summed E-state index contributed by atoms with van der Waals surface area (Å²) in [4.78, 5) is 0. The largest absolute Gasteiger partial charge is 0.384 e. The van der Waals surface area contributed by atoms with Crippen LogP contribution in [0.2, 0.25) is 0 Å². The first-order valence-electron chi connectivity index (χ1n) is 4.53. The molecule has 1 unspecified atom stereocenters. The first kappa shape index (κ1) is 10.9. The highest BCUT2D eigenvalue weighted by Gasteiger charge is 1.98. The summed E-state index contributed by atoms with van der Waals surface area (Å²) in [6.07, 6.45) is 2.10. The molecule has 3 heteroatoms. The SMILES string of the molecule is CSC(C)CNc1ccc(C#N)cc1. The molecule has 0 heterocycles. The molecule has 0 spiro atoms. The van der Waals surface area contributed by atoms with Crippen LogP contribution < -0.4 is 5.32 Å². The van der Waals surface area contributed by atoms with E-state index in [-0.39, 0.29) is 0 Å². The fraction of sp³-hybridized carbons (Fsp3) is 0.364. The molecule has 1 N–H and O–H groups in total. The van der Waals surface area contributed by atoms with E-state index in [1.165, 1.54) is 0 Å². The summed E-state index contributed by atoms with van der Waals surface area (Å²) in [6.45, 7) is 3.13. The Balaban J connectivity index is 2.49. The first-order valence-corrected chi connectivity index (χ1v) is 5.82. The summed E-state index contributed by atoms with van der Waals surface area (Å²) in [6, 6.07) is 9.62. The molecule has 74 valence electrons. The van der Waals surface area contributed by atoms with Crippen molar-refractivity contribution in [3.05, 3.63) is 29.8 Å². The van der Waals surface area contributed by atoms with Gasteiger partial charge in [-0.3, -0.25) is 0 Å². The molecule has 0 saturated carbocycles. The van der Waals surface area contributed by atoms with Gasteiger partial charge in [-0.05, 0) is 30.5 Å². The lowest BCUT2D eigenvalue weighted by Crippen LogP contribution is -2.12. The van der Waals surface area contributed by atoms with Crippen molar-refractivity contribution in [3.8, 4) is 6.07 Å². The van der Waals surface area contributed by atoms with Crippen molar-refractivity contribution >= 4 is 17.4 Å². The number of benzene rings is 1. The van der Waals surface area contributed by atoms with Crippen LogP contribution in [0, 0.1) is 11.3 Å². The van der Waals surface area contributed by atoms with Gasteiger partial charge in [0, 0.05) is 17.5 Å². The van der Waals surface area contributed by atoms with Gasteiger partial charge in [-0.1, -0.05) is 6.92 Å². The second-order valence-electron chi connectivity index (χ2n) is 3.12. The molecule has 1 atom stereocenters. The number of anilines is 1. The van der Waals surface area contributed by atoms with Crippen molar-refractivity contribution in [2.24, 2.45) is 0 Å². The number of nitriles is 1. The molecule has 0 aromatic heterocycles. The molecule has 0 aliphatic heterocycles. The lowest BCUT2D eigenvalue weighted by Gasteiger charge is -2.10. The Bertz CT molecular complexity index is 313. The van der Waals surface area contributed by atoms with E-state index >= 15 is 0 Å². The average molecular weight is 206 g/mol. The van der Waals surface area contributed by atoms with Crippen molar-refractivity contribution in [3.63, 3.8) is 0 Å². The van der Waals surface area contributed by atoms with Gasteiger partial charge in [-0.2, -0.15) is 17.0 Å². The van der Waals surface area contributed by atoms with Crippen LogP contribution in [0.4, 0.5) is 5.69 Å². The summed E-state index contributed by atoms with van der Waals surface area (Å²) < 4.78 is 0. The Labute approximate surface area is 89.3 Å². The summed E-state index contributed by atoms with van der Waals surface area (Å²) in [5, 5.41) is 12.5. The molecule has 0 bridgehead atoms. The highest BCUT2D eigenvalue weighted by Crippen LogP contribution is 2.11. The van der Waals surface area contributed by atoms with Crippen LogP contribution in [0.15, 0.2) is 24.3 Å². The van der Waals surface area contributed by atoms with E-state index in [0.717, 1.165) is 12.2 Å². The fourth-order valence-electron chi connectivity index (χ4n) is 1.01. The summed E-state index contributed by atoms with van der Waals surface area (Å²) >= 11 is 1.84. The number of nitrogens with one attached hydrogen (secondary N) is 1. The van der Waals surface area contributed by atoms with Crippen molar-refractivity contribution in [1.29, 1.82) is 5.26 Å². The monoisotopic (exact) mass is 206 g/mol. The molecule has 0 aliphatic carbocycles.